The molecule has 3 rings (SSSR count). The zero-order valence-electron chi connectivity index (χ0n) is 15.3. The molecule has 10 heteroatoms. The van der Waals surface area contributed by atoms with Crippen LogP contribution >= 0.6 is 11.6 Å². The molecule has 5 nitrogen and oxygen atoms in total. The van der Waals surface area contributed by atoms with Crippen molar-refractivity contribution < 1.29 is 27.1 Å². The fourth-order valence-electron chi connectivity index (χ4n) is 2.48. The second-order valence-corrected chi connectivity index (χ2v) is 6.56. The summed E-state index contributed by atoms with van der Waals surface area (Å²) in [4.78, 5) is 16.1. The van der Waals surface area contributed by atoms with Gasteiger partial charge in [0.25, 0.3) is 0 Å². The maximum Gasteiger partial charge on any atom is 0.417 e. The number of anilines is 2. The number of nitrogens with zero attached hydrogens (tertiary/aromatic N) is 1. The number of halogens is 5. The average Bonchev–Trinajstić information content (AvgIpc) is 2.65. The van der Waals surface area contributed by atoms with Gasteiger partial charge in [0.15, 0.2) is 0 Å². The number of pyridine rings is 1. The van der Waals surface area contributed by atoms with Crippen LogP contribution in [0.1, 0.15) is 11.3 Å². The molecule has 0 aliphatic rings. The second-order valence-electron chi connectivity index (χ2n) is 6.15. The first kappa shape index (κ1) is 21.4. The van der Waals surface area contributed by atoms with E-state index in [4.69, 9.17) is 16.3 Å². The van der Waals surface area contributed by atoms with E-state index in [2.05, 4.69) is 15.6 Å². The van der Waals surface area contributed by atoms with Gasteiger partial charge in [-0.3, -0.25) is 4.98 Å². The molecule has 0 fully saturated rings. The highest BCUT2D eigenvalue weighted by Crippen LogP contribution is 2.36. The van der Waals surface area contributed by atoms with Crippen LogP contribution in [0.4, 0.5) is 33.7 Å². The molecule has 3 aromatic rings. The molecule has 0 unspecified atom stereocenters. The first-order valence-electron chi connectivity index (χ1n) is 8.46. The number of hydrogen-bond donors (Lipinski definition) is 2. The Balaban J connectivity index is 1.68. The quantitative estimate of drug-likeness (QED) is 0.448. The number of rotatable bonds is 4. The van der Waals surface area contributed by atoms with Crippen molar-refractivity contribution in [1.82, 2.24) is 4.98 Å². The Morgan fingerprint density at radius 1 is 1.03 bits per heavy atom. The predicted octanol–water partition coefficient (Wildman–Crippen LogP) is 6.64. The molecule has 0 spiro atoms. The summed E-state index contributed by atoms with van der Waals surface area (Å²) >= 11 is 5.54. The Kier molecular flexibility index (Phi) is 6.12. The lowest BCUT2D eigenvalue weighted by Crippen LogP contribution is -2.20. The van der Waals surface area contributed by atoms with Crippen molar-refractivity contribution in [2.24, 2.45) is 0 Å². The van der Waals surface area contributed by atoms with Crippen LogP contribution in [0.3, 0.4) is 0 Å². The minimum Gasteiger partial charge on any atom is -0.457 e. The van der Waals surface area contributed by atoms with Gasteiger partial charge in [0, 0.05) is 29.7 Å². The Bertz CT molecular complexity index is 1090. The highest BCUT2D eigenvalue weighted by Gasteiger charge is 2.33. The summed E-state index contributed by atoms with van der Waals surface area (Å²) in [5.74, 6) is -0.138. The monoisotopic (exact) mass is 439 g/mol. The molecule has 0 aliphatic heterocycles. The van der Waals surface area contributed by atoms with Crippen LogP contribution in [0.25, 0.3) is 0 Å². The highest BCUT2D eigenvalue weighted by molar-refractivity contribution is 6.31. The number of urea groups is 1. The van der Waals surface area contributed by atoms with Crippen molar-refractivity contribution >= 4 is 29.0 Å². The van der Waals surface area contributed by atoms with Gasteiger partial charge in [0.05, 0.1) is 16.3 Å². The third-order valence-corrected chi connectivity index (χ3v) is 4.15. The van der Waals surface area contributed by atoms with Crippen molar-refractivity contribution in [3.63, 3.8) is 0 Å². The Morgan fingerprint density at radius 2 is 1.77 bits per heavy atom. The van der Waals surface area contributed by atoms with Gasteiger partial charge in [-0.15, -0.1) is 0 Å². The van der Waals surface area contributed by atoms with Crippen molar-refractivity contribution in [3.8, 4) is 11.5 Å². The molecule has 0 radical (unpaired) electrons. The summed E-state index contributed by atoms with van der Waals surface area (Å²) in [5, 5.41) is 3.93. The number of nitrogens with one attached hydrogen (secondary N) is 2. The topological polar surface area (TPSA) is 63.2 Å². The summed E-state index contributed by atoms with van der Waals surface area (Å²) in [5.41, 5.74) is -0.715. The molecule has 2 N–H and O–H groups in total. The van der Waals surface area contributed by atoms with Crippen LogP contribution in [0, 0.1) is 12.7 Å². The van der Waals surface area contributed by atoms with Crippen LogP contribution in [-0.2, 0) is 6.18 Å². The zero-order chi connectivity index (χ0) is 21.9. The number of aryl methyl sites for hydroxylation is 1. The molecular formula is C20H14ClF4N3O2. The lowest BCUT2D eigenvalue weighted by atomic mass is 10.2. The van der Waals surface area contributed by atoms with Crippen molar-refractivity contribution in [3.05, 3.63) is 76.8 Å². The smallest absolute Gasteiger partial charge is 0.417 e. The fraction of sp³-hybridized carbons (Fsp3) is 0.100. The van der Waals surface area contributed by atoms with Gasteiger partial charge in [-0.1, -0.05) is 11.6 Å². The van der Waals surface area contributed by atoms with E-state index in [1.54, 1.807) is 25.3 Å². The van der Waals surface area contributed by atoms with Gasteiger partial charge in [0.2, 0.25) is 0 Å². The van der Waals surface area contributed by atoms with Gasteiger partial charge in [-0.05, 0) is 43.3 Å². The van der Waals surface area contributed by atoms with E-state index in [1.165, 1.54) is 18.2 Å². The molecule has 1 aromatic heterocycles. The lowest BCUT2D eigenvalue weighted by molar-refractivity contribution is -0.137. The molecule has 0 aliphatic carbocycles. The third kappa shape index (κ3) is 5.38. The highest BCUT2D eigenvalue weighted by atomic mass is 35.5. The van der Waals surface area contributed by atoms with Crippen molar-refractivity contribution in [1.29, 1.82) is 0 Å². The first-order valence-corrected chi connectivity index (χ1v) is 8.84. The van der Waals surface area contributed by atoms with E-state index in [-0.39, 0.29) is 17.1 Å². The summed E-state index contributed by atoms with van der Waals surface area (Å²) in [6.45, 7) is 1.78. The number of aromatic nitrogens is 1. The molecule has 0 saturated carbocycles. The largest absolute Gasteiger partial charge is 0.457 e. The van der Waals surface area contributed by atoms with Crippen LogP contribution in [0.15, 0.2) is 54.7 Å². The van der Waals surface area contributed by atoms with Crippen LogP contribution in [-0.4, -0.2) is 11.0 Å². The normalized spacial score (nSPS) is 11.1. The standard InChI is InChI=1S/C20H14ClF4N3O2/c1-11-8-14(6-7-26-11)30-13-3-5-18(17(22)10-13)28-19(29)27-12-2-4-16(21)15(9-12)20(23,24)25/h2-10H,1H3,(H2,27,28,29). The van der Waals surface area contributed by atoms with E-state index in [0.29, 0.717) is 11.8 Å². The molecule has 156 valence electrons. The number of benzene rings is 2. The van der Waals surface area contributed by atoms with E-state index in [0.717, 1.165) is 17.8 Å². The van der Waals surface area contributed by atoms with E-state index in [1.807, 2.05) is 0 Å². The molecule has 30 heavy (non-hydrogen) atoms. The SMILES string of the molecule is Cc1cc(Oc2ccc(NC(=O)Nc3ccc(Cl)c(C(F)(F)F)c3)c(F)c2)ccn1. The Labute approximate surface area is 173 Å². The first-order chi connectivity index (χ1) is 14.1. The summed E-state index contributed by atoms with van der Waals surface area (Å²) in [6, 6.07) is 8.99. The van der Waals surface area contributed by atoms with Crippen LogP contribution < -0.4 is 15.4 Å². The van der Waals surface area contributed by atoms with Gasteiger partial charge in [-0.2, -0.15) is 13.2 Å². The maximum absolute atomic E-state index is 14.3. The Morgan fingerprint density at radius 3 is 2.43 bits per heavy atom. The maximum atomic E-state index is 14.3. The van der Waals surface area contributed by atoms with E-state index >= 15 is 0 Å². The minimum atomic E-state index is -4.68. The van der Waals surface area contributed by atoms with E-state index in [9.17, 15) is 22.4 Å². The minimum absolute atomic E-state index is 0.155. The molecule has 0 saturated heterocycles. The molecule has 2 amide bonds. The summed E-state index contributed by atoms with van der Waals surface area (Å²) in [7, 11) is 0. The Hall–Kier alpha value is -3.33. The zero-order valence-corrected chi connectivity index (χ0v) is 16.1. The number of alkyl halides is 3. The second kappa shape index (κ2) is 8.58. The fourth-order valence-corrected chi connectivity index (χ4v) is 2.71. The predicted molar refractivity (Wildman–Crippen MR) is 105 cm³/mol. The number of hydrogen-bond acceptors (Lipinski definition) is 3. The van der Waals surface area contributed by atoms with Crippen molar-refractivity contribution in [2.75, 3.05) is 10.6 Å². The molecule has 0 bridgehead atoms. The number of carbonyl (C=O) groups excluding carboxylic acids is 1. The van der Waals surface area contributed by atoms with Gasteiger partial charge < -0.3 is 15.4 Å². The summed E-state index contributed by atoms with van der Waals surface area (Å²) in [6.07, 6.45) is -3.14. The van der Waals surface area contributed by atoms with Crippen LogP contribution in [0.2, 0.25) is 5.02 Å². The van der Waals surface area contributed by atoms with Gasteiger partial charge >= 0.3 is 12.2 Å². The number of carbonyl (C=O) groups is 1. The van der Waals surface area contributed by atoms with E-state index < -0.39 is 28.6 Å². The summed E-state index contributed by atoms with van der Waals surface area (Å²) < 4.78 is 58.5. The molecule has 0 atom stereocenters. The molecule has 2 aromatic carbocycles. The van der Waals surface area contributed by atoms with Gasteiger partial charge in [0.1, 0.15) is 17.3 Å². The number of ether oxygens (including phenoxy) is 1. The van der Waals surface area contributed by atoms with Crippen LogP contribution in [0.5, 0.6) is 11.5 Å². The van der Waals surface area contributed by atoms with Gasteiger partial charge in [-0.25, -0.2) is 9.18 Å². The third-order valence-electron chi connectivity index (χ3n) is 3.82. The lowest BCUT2D eigenvalue weighted by Gasteiger charge is -2.13. The van der Waals surface area contributed by atoms with Crippen molar-refractivity contribution in [2.45, 2.75) is 13.1 Å². The average molecular weight is 440 g/mol. The number of amides is 2. The molecular weight excluding hydrogens is 426 g/mol. The molecule has 1 heterocycles.